The standard InChI is InChI=1S/C10H12FI/c1-7(2)9-5-8(6-12)3-4-10(9)11/h3-5,7H,6H2,1-2H3. The molecule has 0 fully saturated rings. The lowest BCUT2D eigenvalue weighted by Crippen LogP contribution is -1.94. The predicted octanol–water partition coefficient (Wildman–Crippen LogP) is 3.88. The maximum absolute atomic E-state index is 13.2. The second kappa shape index (κ2) is 4.21. The van der Waals surface area contributed by atoms with Crippen LogP contribution >= 0.6 is 22.6 Å². The molecule has 0 aliphatic carbocycles. The normalized spacial score (nSPS) is 10.8. The molecule has 0 spiro atoms. The summed E-state index contributed by atoms with van der Waals surface area (Å²) in [5.41, 5.74) is 2.02. The van der Waals surface area contributed by atoms with E-state index in [1.54, 1.807) is 6.07 Å². The van der Waals surface area contributed by atoms with E-state index >= 15 is 0 Å². The second-order valence-electron chi connectivity index (χ2n) is 3.14. The third-order valence-corrected chi connectivity index (χ3v) is 2.72. The molecular formula is C10H12FI. The topological polar surface area (TPSA) is 0 Å². The molecule has 0 nitrogen and oxygen atoms in total. The summed E-state index contributed by atoms with van der Waals surface area (Å²) in [5, 5.41) is 0. The van der Waals surface area contributed by atoms with Crippen molar-refractivity contribution in [2.45, 2.75) is 24.2 Å². The molecule has 0 aromatic heterocycles. The Hall–Kier alpha value is -0.120. The van der Waals surface area contributed by atoms with Crippen LogP contribution in [0.2, 0.25) is 0 Å². The lowest BCUT2D eigenvalue weighted by molar-refractivity contribution is 0.597. The van der Waals surface area contributed by atoms with E-state index < -0.39 is 0 Å². The van der Waals surface area contributed by atoms with Crippen LogP contribution in [0.3, 0.4) is 0 Å². The quantitative estimate of drug-likeness (QED) is 0.569. The van der Waals surface area contributed by atoms with Gasteiger partial charge in [0.05, 0.1) is 0 Å². The van der Waals surface area contributed by atoms with Gasteiger partial charge >= 0.3 is 0 Å². The van der Waals surface area contributed by atoms with Crippen LogP contribution < -0.4 is 0 Å². The van der Waals surface area contributed by atoms with E-state index in [9.17, 15) is 4.39 Å². The molecule has 0 bridgehead atoms. The molecule has 0 aliphatic rings. The van der Waals surface area contributed by atoms with Crippen LogP contribution in [0.4, 0.5) is 4.39 Å². The van der Waals surface area contributed by atoms with Crippen molar-refractivity contribution in [2.75, 3.05) is 0 Å². The fraction of sp³-hybridized carbons (Fsp3) is 0.400. The Kier molecular flexibility index (Phi) is 3.50. The number of hydrogen-bond donors (Lipinski definition) is 0. The molecule has 0 heterocycles. The van der Waals surface area contributed by atoms with Gasteiger partial charge in [-0.2, -0.15) is 0 Å². The van der Waals surface area contributed by atoms with E-state index in [1.165, 1.54) is 5.56 Å². The zero-order valence-electron chi connectivity index (χ0n) is 7.27. The molecule has 0 saturated heterocycles. The van der Waals surface area contributed by atoms with Crippen LogP contribution in [0.1, 0.15) is 30.9 Å². The Morgan fingerprint density at radius 3 is 2.58 bits per heavy atom. The van der Waals surface area contributed by atoms with Gasteiger partial charge in [0.15, 0.2) is 0 Å². The summed E-state index contributed by atoms with van der Waals surface area (Å²) in [4.78, 5) is 0. The number of alkyl halides is 1. The third-order valence-electron chi connectivity index (χ3n) is 1.84. The van der Waals surface area contributed by atoms with Crippen LogP contribution in [-0.2, 0) is 4.43 Å². The van der Waals surface area contributed by atoms with E-state index in [0.717, 1.165) is 9.99 Å². The van der Waals surface area contributed by atoms with Crippen molar-refractivity contribution in [1.82, 2.24) is 0 Å². The fourth-order valence-electron chi connectivity index (χ4n) is 1.12. The van der Waals surface area contributed by atoms with E-state index in [0.29, 0.717) is 0 Å². The summed E-state index contributed by atoms with van der Waals surface area (Å²) in [5.74, 6) is 0.187. The minimum Gasteiger partial charge on any atom is -0.207 e. The molecule has 1 aromatic rings. The number of hydrogen-bond acceptors (Lipinski definition) is 0. The largest absolute Gasteiger partial charge is 0.207 e. The average molecular weight is 278 g/mol. The van der Waals surface area contributed by atoms with Crippen molar-refractivity contribution in [2.24, 2.45) is 0 Å². The molecule has 0 saturated carbocycles. The monoisotopic (exact) mass is 278 g/mol. The molecule has 0 aliphatic heterocycles. The maximum Gasteiger partial charge on any atom is 0.126 e. The van der Waals surface area contributed by atoms with Gasteiger partial charge in [0.1, 0.15) is 5.82 Å². The van der Waals surface area contributed by atoms with Gasteiger partial charge < -0.3 is 0 Å². The van der Waals surface area contributed by atoms with Gasteiger partial charge in [-0.3, -0.25) is 0 Å². The molecule has 0 atom stereocenters. The minimum absolute atomic E-state index is 0.0846. The Bertz CT molecular complexity index is 269. The third kappa shape index (κ3) is 2.19. The summed E-state index contributed by atoms with van der Waals surface area (Å²) in [6.45, 7) is 4.02. The molecule has 1 aromatic carbocycles. The van der Waals surface area contributed by atoms with Gasteiger partial charge in [-0.25, -0.2) is 4.39 Å². The number of rotatable bonds is 2. The molecular weight excluding hydrogens is 266 g/mol. The molecule has 2 heteroatoms. The van der Waals surface area contributed by atoms with Crippen molar-refractivity contribution < 1.29 is 4.39 Å². The van der Waals surface area contributed by atoms with Crippen LogP contribution in [0, 0.1) is 5.82 Å². The molecule has 66 valence electrons. The SMILES string of the molecule is CC(C)c1cc(CI)ccc1F. The average Bonchev–Trinajstić information content (AvgIpc) is 2.05. The highest BCUT2D eigenvalue weighted by atomic mass is 127. The lowest BCUT2D eigenvalue weighted by Gasteiger charge is -2.07. The first kappa shape index (κ1) is 9.96. The van der Waals surface area contributed by atoms with Crippen molar-refractivity contribution >= 4 is 22.6 Å². The first-order valence-corrected chi connectivity index (χ1v) is 5.52. The van der Waals surface area contributed by atoms with Gasteiger partial charge in [-0.1, -0.05) is 48.6 Å². The summed E-state index contributed by atoms with van der Waals surface area (Å²) < 4.78 is 14.1. The molecule has 0 N–H and O–H groups in total. The second-order valence-corrected chi connectivity index (χ2v) is 3.91. The van der Waals surface area contributed by atoms with E-state index in [4.69, 9.17) is 0 Å². The van der Waals surface area contributed by atoms with Crippen molar-refractivity contribution in [1.29, 1.82) is 0 Å². The zero-order chi connectivity index (χ0) is 9.14. The van der Waals surface area contributed by atoms with Gasteiger partial charge in [0, 0.05) is 4.43 Å². The van der Waals surface area contributed by atoms with Gasteiger partial charge in [-0.15, -0.1) is 0 Å². The van der Waals surface area contributed by atoms with E-state index in [1.807, 2.05) is 26.0 Å². The summed E-state index contributed by atoms with van der Waals surface area (Å²) >= 11 is 2.28. The Morgan fingerprint density at radius 2 is 2.08 bits per heavy atom. The number of halogens is 2. The van der Waals surface area contributed by atoms with Gasteiger partial charge in [-0.05, 0) is 23.1 Å². The lowest BCUT2D eigenvalue weighted by atomic mass is 10.0. The van der Waals surface area contributed by atoms with Crippen LogP contribution in [0.5, 0.6) is 0 Å². The Balaban J connectivity index is 3.08. The molecule has 12 heavy (non-hydrogen) atoms. The Labute approximate surface area is 86.3 Å². The molecule has 0 radical (unpaired) electrons. The highest BCUT2D eigenvalue weighted by molar-refractivity contribution is 14.1. The molecule has 0 amide bonds. The first-order chi connectivity index (χ1) is 5.65. The summed E-state index contributed by atoms with van der Waals surface area (Å²) in [7, 11) is 0. The minimum atomic E-state index is -0.0846. The highest BCUT2D eigenvalue weighted by Crippen LogP contribution is 2.20. The zero-order valence-corrected chi connectivity index (χ0v) is 9.43. The van der Waals surface area contributed by atoms with E-state index in [2.05, 4.69) is 22.6 Å². The van der Waals surface area contributed by atoms with Crippen LogP contribution in [0.25, 0.3) is 0 Å². The summed E-state index contributed by atoms with van der Waals surface area (Å²) in [6, 6.07) is 5.35. The van der Waals surface area contributed by atoms with Crippen LogP contribution in [-0.4, -0.2) is 0 Å². The van der Waals surface area contributed by atoms with Crippen molar-refractivity contribution in [3.8, 4) is 0 Å². The highest BCUT2D eigenvalue weighted by Gasteiger charge is 2.06. The van der Waals surface area contributed by atoms with E-state index in [-0.39, 0.29) is 11.7 Å². The molecule has 0 unspecified atom stereocenters. The predicted molar refractivity (Wildman–Crippen MR) is 58.2 cm³/mol. The fourth-order valence-corrected chi connectivity index (χ4v) is 1.59. The van der Waals surface area contributed by atoms with Crippen molar-refractivity contribution in [3.05, 3.63) is 35.1 Å². The Morgan fingerprint density at radius 1 is 1.42 bits per heavy atom. The smallest absolute Gasteiger partial charge is 0.126 e. The van der Waals surface area contributed by atoms with Crippen molar-refractivity contribution in [3.63, 3.8) is 0 Å². The molecule has 1 rings (SSSR count). The van der Waals surface area contributed by atoms with Gasteiger partial charge in [0.25, 0.3) is 0 Å². The van der Waals surface area contributed by atoms with Crippen LogP contribution in [0.15, 0.2) is 18.2 Å². The maximum atomic E-state index is 13.2. The number of benzene rings is 1. The first-order valence-electron chi connectivity index (χ1n) is 3.99. The summed E-state index contributed by atoms with van der Waals surface area (Å²) in [6.07, 6.45) is 0. The van der Waals surface area contributed by atoms with Gasteiger partial charge in [0.2, 0.25) is 0 Å².